The molecule has 0 aliphatic carbocycles. The van der Waals surface area contributed by atoms with Crippen molar-refractivity contribution in [2.75, 3.05) is 44.4 Å². The van der Waals surface area contributed by atoms with Crippen LogP contribution >= 0.6 is 0 Å². The van der Waals surface area contributed by atoms with E-state index in [0.717, 1.165) is 42.7 Å². The van der Waals surface area contributed by atoms with Gasteiger partial charge in [-0.1, -0.05) is 12.0 Å². The smallest absolute Gasteiger partial charge is 0.322 e. The van der Waals surface area contributed by atoms with E-state index in [9.17, 15) is 4.79 Å². The predicted molar refractivity (Wildman–Crippen MR) is 129 cm³/mol. The minimum Gasteiger partial charge on any atom is -0.494 e. The number of benzene rings is 2. The molecule has 5 rings (SSSR count). The van der Waals surface area contributed by atoms with Crippen molar-refractivity contribution < 1.29 is 9.53 Å². The maximum absolute atomic E-state index is 13.1. The second-order valence-corrected chi connectivity index (χ2v) is 8.57. The number of rotatable bonds is 4. The molecule has 2 saturated heterocycles. The number of likely N-dealkylation sites (tertiary alicyclic amines) is 2. The molecule has 8 nitrogen and oxygen atoms in total. The number of carbonyl (C=O) groups excluding carboxylic acids is 1. The molecular formula is C25H26N6O2. The van der Waals surface area contributed by atoms with Crippen LogP contribution in [0.4, 0.5) is 22.0 Å². The van der Waals surface area contributed by atoms with Crippen LogP contribution in [0.25, 0.3) is 10.9 Å². The SMILES string of the molecule is C#Cc1cccc(Nc2ncnc3cc(OC)c(NC(=O)N4C[C@H]5CCN(C)[C@H]5C4)cc23)c1. The van der Waals surface area contributed by atoms with Gasteiger partial charge in [0.2, 0.25) is 0 Å². The number of ether oxygens (including phenoxy) is 1. The zero-order chi connectivity index (χ0) is 22.9. The van der Waals surface area contributed by atoms with Gasteiger partial charge in [-0.15, -0.1) is 6.42 Å². The summed E-state index contributed by atoms with van der Waals surface area (Å²) in [5.41, 5.74) is 2.87. The van der Waals surface area contributed by atoms with Gasteiger partial charge in [0, 0.05) is 41.8 Å². The summed E-state index contributed by atoms with van der Waals surface area (Å²) >= 11 is 0. The monoisotopic (exact) mass is 442 g/mol. The Hall–Kier alpha value is -3.83. The summed E-state index contributed by atoms with van der Waals surface area (Å²) in [6, 6.07) is 11.5. The van der Waals surface area contributed by atoms with Gasteiger partial charge in [0.05, 0.1) is 18.3 Å². The molecule has 8 heteroatoms. The van der Waals surface area contributed by atoms with Crippen molar-refractivity contribution in [2.24, 2.45) is 5.92 Å². The van der Waals surface area contributed by atoms with Crippen molar-refractivity contribution in [1.29, 1.82) is 0 Å². The molecule has 33 heavy (non-hydrogen) atoms. The highest BCUT2D eigenvalue weighted by molar-refractivity contribution is 5.99. The molecule has 2 N–H and O–H groups in total. The van der Waals surface area contributed by atoms with Crippen LogP contribution in [0.15, 0.2) is 42.7 Å². The van der Waals surface area contributed by atoms with Crippen molar-refractivity contribution in [3.8, 4) is 18.1 Å². The molecule has 168 valence electrons. The number of hydrogen-bond donors (Lipinski definition) is 2. The Morgan fingerprint density at radius 2 is 2.12 bits per heavy atom. The van der Waals surface area contributed by atoms with Gasteiger partial charge < -0.3 is 25.2 Å². The fraction of sp³-hybridized carbons (Fsp3) is 0.320. The number of amides is 2. The highest BCUT2D eigenvalue weighted by atomic mass is 16.5. The van der Waals surface area contributed by atoms with E-state index in [1.165, 1.54) is 6.33 Å². The fourth-order valence-corrected chi connectivity index (χ4v) is 4.81. The summed E-state index contributed by atoms with van der Waals surface area (Å²) in [7, 11) is 3.71. The topological polar surface area (TPSA) is 82.6 Å². The molecule has 2 aromatic carbocycles. The number of terminal acetylenes is 1. The summed E-state index contributed by atoms with van der Waals surface area (Å²) < 4.78 is 5.55. The summed E-state index contributed by atoms with van der Waals surface area (Å²) in [5.74, 6) is 4.34. The van der Waals surface area contributed by atoms with Gasteiger partial charge in [0.15, 0.2) is 0 Å². The van der Waals surface area contributed by atoms with E-state index in [1.807, 2.05) is 41.3 Å². The average molecular weight is 443 g/mol. The third-order valence-corrected chi connectivity index (χ3v) is 6.60. The number of fused-ring (bicyclic) bond motifs is 2. The third-order valence-electron chi connectivity index (χ3n) is 6.60. The Morgan fingerprint density at radius 3 is 2.91 bits per heavy atom. The Labute approximate surface area is 193 Å². The maximum Gasteiger partial charge on any atom is 0.322 e. The van der Waals surface area contributed by atoms with Crippen molar-refractivity contribution in [3.05, 3.63) is 48.3 Å². The molecule has 2 aliphatic rings. The molecule has 3 aromatic rings. The maximum atomic E-state index is 13.1. The number of nitrogens with zero attached hydrogens (tertiary/aromatic N) is 4. The molecular weight excluding hydrogens is 416 g/mol. The summed E-state index contributed by atoms with van der Waals surface area (Å²) in [4.78, 5) is 26.1. The van der Waals surface area contributed by atoms with Crippen molar-refractivity contribution in [2.45, 2.75) is 12.5 Å². The molecule has 3 heterocycles. The molecule has 0 bridgehead atoms. The number of carbonyl (C=O) groups is 1. The molecule has 2 amide bonds. The number of nitrogens with one attached hydrogen (secondary N) is 2. The average Bonchev–Trinajstić information content (AvgIpc) is 3.41. The first-order valence-electron chi connectivity index (χ1n) is 11.0. The zero-order valence-corrected chi connectivity index (χ0v) is 18.7. The Bertz CT molecular complexity index is 1250. The van der Waals surface area contributed by atoms with Crippen molar-refractivity contribution >= 4 is 34.1 Å². The summed E-state index contributed by atoms with van der Waals surface area (Å²) in [6.45, 7) is 2.62. The van der Waals surface area contributed by atoms with Crippen LogP contribution in [0, 0.1) is 18.3 Å². The van der Waals surface area contributed by atoms with Gasteiger partial charge in [0.1, 0.15) is 17.9 Å². The second kappa shape index (κ2) is 8.60. The molecule has 2 fully saturated rings. The van der Waals surface area contributed by atoms with E-state index >= 15 is 0 Å². The second-order valence-electron chi connectivity index (χ2n) is 8.57. The third kappa shape index (κ3) is 4.03. The number of anilines is 3. The van der Waals surface area contributed by atoms with Crippen molar-refractivity contribution in [3.63, 3.8) is 0 Å². The predicted octanol–water partition coefficient (Wildman–Crippen LogP) is 3.53. The molecule has 0 unspecified atom stereocenters. The Morgan fingerprint density at radius 1 is 1.24 bits per heavy atom. The lowest BCUT2D eigenvalue weighted by Crippen LogP contribution is -2.37. The minimum atomic E-state index is -0.122. The van der Waals surface area contributed by atoms with Crippen LogP contribution in [0.1, 0.15) is 12.0 Å². The molecule has 2 aliphatic heterocycles. The lowest BCUT2D eigenvalue weighted by Gasteiger charge is -2.22. The quantitative estimate of drug-likeness (QED) is 0.602. The summed E-state index contributed by atoms with van der Waals surface area (Å²) in [6.07, 6.45) is 8.16. The van der Waals surface area contributed by atoms with Gasteiger partial charge in [-0.05, 0) is 50.2 Å². The first-order valence-corrected chi connectivity index (χ1v) is 11.0. The lowest BCUT2D eigenvalue weighted by atomic mass is 10.1. The van der Waals surface area contributed by atoms with Crippen LogP contribution in [0.3, 0.4) is 0 Å². The van der Waals surface area contributed by atoms with E-state index in [2.05, 4.69) is 38.5 Å². The summed E-state index contributed by atoms with van der Waals surface area (Å²) in [5, 5.41) is 7.11. The fourth-order valence-electron chi connectivity index (χ4n) is 4.81. The molecule has 2 atom stereocenters. The first-order chi connectivity index (χ1) is 16.1. The Kier molecular flexibility index (Phi) is 5.48. The molecule has 0 saturated carbocycles. The number of methoxy groups -OCH3 is 1. The van der Waals surface area contributed by atoms with E-state index < -0.39 is 0 Å². The number of likely N-dealkylation sites (N-methyl/N-ethyl adjacent to an activating group) is 1. The van der Waals surface area contributed by atoms with E-state index in [1.54, 1.807) is 7.11 Å². The van der Waals surface area contributed by atoms with Crippen LogP contribution in [-0.2, 0) is 0 Å². The van der Waals surface area contributed by atoms with E-state index in [0.29, 0.717) is 34.7 Å². The normalized spacial score (nSPS) is 19.8. The lowest BCUT2D eigenvalue weighted by molar-refractivity contribution is 0.213. The van der Waals surface area contributed by atoms with Gasteiger partial charge in [0.25, 0.3) is 0 Å². The van der Waals surface area contributed by atoms with Crippen LogP contribution in [-0.4, -0.2) is 65.6 Å². The molecule has 0 radical (unpaired) electrons. The van der Waals surface area contributed by atoms with Gasteiger partial charge in [-0.3, -0.25) is 0 Å². The van der Waals surface area contributed by atoms with Gasteiger partial charge in [-0.25, -0.2) is 14.8 Å². The number of hydrogen-bond acceptors (Lipinski definition) is 6. The van der Waals surface area contributed by atoms with E-state index in [4.69, 9.17) is 11.2 Å². The zero-order valence-electron chi connectivity index (χ0n) is 18.7. The molecule has 0 spiro atoms. The molecule has 1 aromatic heterocycles. The Balaban J connectivity index is 1.43. The van der Waals surface area contributed by atoms with Gasteiger partial charge in [-0.2, -0.15) is 0 Å². The van der Waals surface area contributed by atoms with Crippen LogP contribution < -0.4 is 15.4 Å². The standard InChI is InChI=1S/C25H26N6O2/c1-4-16-6-5-7-18(10-16)28-24-19-11-21(23(33-3)12-20(19)26-15-27-24)29-25(32)31-13-17-8-9-30(2)22(17)14-31/h1,5-7,10-12,15,17,22H,8-9,13-14H2,2-3H3,(H,29,32)(H,26,27,28)/t17-,22+/m1/s1. The van der Waals surface area contributed by atoms with E-state index in [-0.39, 0.29) is 6.03 Å². The van der Waals surface area contributed by atoms with Crippen LogP contribution in [0.5, 0.6) is 5.75 Å². The van der Waals surface area contributed by atoms with Gasteiger partial charge >= 0.3 is 6.03 Å². The van der Waals surface area contributed by atoms with Crippen molar-refractivity contribution in [1.82, 2.24) is 19.8 Å². The van der Waals surface area contributed by atoms with Crippen LogP contribution in [0.2, 0.25) is 0 Å². The highest BCUT2D eigenvalue weighted by Gasteiger charge is 2.41. The number of aromatic nitrogens is 2. The highest BCUT2D eigenvalue weighted by Crippen LogP contribution is 2.35. The first kappa shape index (κ1) is 21.0. The number of urea groups is 1. The minimum absolute atomic E-state index is 0.122. The largest absolute Gasteiger partial charge is 0.494 e.